The van der Waals surface area contributed by atoms with Crippen molar-refractivity contribution >= 4 is 0 Å². The molecular formula is C11H16N2O6. The zero-order chi connectivity index (χ0) is 14.2. The molecule has 0 saturated carbocycles. The van der Waals surface area contributed by atoms with Crippen LogP contribution >= 0.6 is 0 Å². The van der Waals surface area contributed by atoms with Gasteiger partial charge in [0.1, 0.15) is 18.3 Å². The van der Waals surface area contributed by atoms with E-state index in [2.05, 4.69) is 4.98 Å². The summed E-state index contributed by atoms with van der Waals surface area (Å²) in [5.74, 6) is 0. The van der Waals surface area contributed by atoms with E-state index in [1.54, 1.807) is 6.92 Å². The Morgan fingerprint density at radius 3 is 2.58 bits per heavy atom. The predicted molar refractivity (Wildman–Crippen MR) is 63.7 cm³/mol. The van der Waals surface area contributed by atoms with Gasteiger partial charge in [-0.05, 0) is 6.42 Å². The Kier molecular flexibility index (Phi) is 3.85. The molecule has 4 N–H and O–H groups in total. The number of rotatable bonds is 3. The van der Waals surface area contributed by atoms with E-state index in [0.29, 0.717) is 12.0 Å². The first kappa shape index (κ1) is 13.9. The van der Waals surface area contributed by atoms with Crippen molar-refractivity contribution in [3.05, 3.63) is 32.6 Å². The third kappa shape index (κ3) is 2.35. The van der Waals surface area contributed by atoms with Gasteiger partial charge in [-0.25, -0.2) is 4.79 Å². The Labute approximate surface area is 107 Å². The van der Waals surface area contributed by atoms with Gasteiger partial charge >= 0.3 is 5.69 Å². The molecule has 1 aliphatic rings. The summed E-state index contributed by atoms with van der Waals surface area (Å²) in [6, 6.07) is 0. The van der Waals surface area contributed by atoms with E-state index >= 15 is 0 Å². The van der Waals surface area contributed by atoms with Gasteiger partial charge in [-0.3, -0.25) is 14.3 Å². The molecule has 2 rings (SSSR count). The van der Waals surface area contributed by atoms with Gasteiger partial charge in [-0.15, -0.1) is 0 Å². The van der Waals surface area contributed by atoms with Gasteiger partial charge in [0, 0.05) is 11.8 Å². The molecule has 0 bridgehead atoms. The van der Waals surface area contributed by atoms with Gasteiger partial charge in [0.25, 0.3) is 5.56 Å². The number of nitrogens with zero attached hydrogens (tertiary/aromatic N) is 1. The lowest BCUT2D eigenvalue weighted by atomic mass is 10.1. The summed E-state index contributed by atoms with van der Waals surface area (Å²) in [6.07, 6.45) is -3.05. The molecule has 1 fully saturated rings. The molecule has 19 heavy (non-hydrogen) atoms. The second-order valence-corrected chi connectivity index (χ2v) is 4.40. The van der Waals surface area contributed by atoms with Crippen LogP contribution in [0.1, 0.15) is 18.7 Å². The summed E-state index contributed by atoms with van der Waals surface area (Å²) in [6.45, 7) is 1.27. The maximum atomic E-state index is 11.7. The number of hydrogen-bond donors (Lipinski definition) is 4. The molecule has 8 nitrogen and oxygen atoms in total. The van der Waals surface area contributed by atoms with Crippen molar-refractivity contribution in [1.29, 1.82) is 0 Å². The Morgan fingerprint density at radius 2 is 2.05 bits per heavy atom. The molecule has 2 heterocycles. The number of aryl methyl sites for hydroxylation is 1. The highest BCUT2D eigenvalue weighted by Gasteiger charge is 2.43. The first-order valence-corrected chi connectivity index (χ1v) is 5.96. The van der Waals surface area contributed by atoms with Crippen LogP contribution in [-0.4, -0.2) is 49.8 Å². The number of aliphatic hydroxyl groups is 3. The topological polar surface area (TPSA) is 125 Å². The van der Waals surface area contributed by atoms with Crippen molar-refractivity contribution in [2.75, 3.05) is 6.61 Å². The zero-order valence-electron chi connectivity index (χ0n) is 10.3. The Hall–Kier alpha value is -1.48. The molecule has 0 spiro atoms. The van der Waals surface area contributed by atoms with E-state index in [1.165, 1.54) is 6.20 Å². The fourth-order valence-electron chi connectivity index (χ4n) is 2.08. The summed E-state index contributed by atoms with van der Waals surface area (Å²) in [4.78, 5) is 25.3. The Balaban J connectivity index is 2.43. The average molecular weight is 272 g/mol. The van der Waals surface area contributed by atoms with Crippen LogP contribution in [0.15, 0.2) is 15.8 Å². The van der Waals surface area contributed by atoms with E-state index in [1.807, 2.05) is 0 Å². The van der Waals surface area contributed by atoms with Crippen LogP contribution in [0.4, 0.5) is 0 Å². The largest absolute Gasteiger partial charge is 0.394 e. The quantitative estimate of drug-likeness (QED) is 0.491. The lowest BCUT2D eigenvalue weighted by Crippen LogP contribution is -2.38. The number of aromatic nitrogens is 2. The van der Waals surface area contributed by atoms with Crippen molar-refractivity contribution in [2.24, 2.45) is 0 Å². The van der Waals surface area contributed by atoms with Crippen LogP contribution in [0, 0.1) is 0 Å². The summed E-state index contributed by atoms with van der Waals surface area (Å²) in [5.41, 5.74) is -0.870. The van der Waals surface area contributed by atoms with E-state index in [9.17, 15) is 19.8 Å². The van der Waals surface area contributed by atoms with Crippen molar-refractivity contribution in [3.63, 3.8) is 0 Å². The first-order valence-electron chi connectivity index (χ1n) is 5.96. The van der Waals surface area contributed by atoms with Gasteiger partial charge < -0.3 is 20.1 Å². The highest BCUT2D eigenvalue weighted by Crippen LogP contribution is 2.27. The molecule has 0 radical (unpaired) electrons. The van der Waals surface area contributed by atoms with Crippen LogP contribution in [0.2, 0.25) is 0 Å². The smallest absolute Gasteiger partial charge is 0.330 e. The fourth-order valence-corrected chi connectivity index (χ4v) is 2.08. The molecule has 1 aliphatic heterocycles. The molecule has 1 aromatic heterocycles. The predicted octanol–water partition coefficient (Wildman–Crippen LogP) is -2.29. The number of aromatic amines is 1. The van der Waals surface area contributed by atoms with E-state index in [4.69, 9.17) is 9.84 Å². The summed E-state index contributed by atoms with van der Waals surface area (Å²) >= 11 is 0. The van der Waals surface area contributed by atoms with Crippen molar-refractivity contribution in [1.82, 2.24) is 9.55 Å². The highest BCUT2D eigenvalue weighted by atomic mass is 16.6. The molecule has 1 aromatic rings. The molecule has 0 aromatic carbocycles. The maximum Gasteiger partial charge on any atom is 0.330 e. The summed E-state index contributed by atoms with van der Waals surface area (Å²) < 4.78 is 6.25. The lowest BCUT2D eigenvalue weighted by Gasteiger charge is -2.17. The molecule has 106 valence electrons. The van der Waals surface area contributed by atoms with Crippen LogP contribution in [-0.2, 0) is 11.2 Å². The van der Waals surface area contributed by atoms with Crippen LogP contribution in [0.25, 0.3) is 0 Å². The minimum Gasteiger partial charge on any atom is -0.394 e. The lowest BCUT2D eigenvalue weighted by molar-refractivity contribution is -0.0551. The minimum atomic E-state index is -1.36. The zero-order valence-corrected chi connectivity index (χ0v) is 10.3. The fraction of sp³-hybridized carbons (Fsp3) is 0.636. The molecular weight excluding hydrogens is 256 g/mol. The van der Waals surface area contributed by atoms with Gasteiger partial charge in [-0.2, -0.15) is 0 Å². The van der Waals surface area contributed by atoms with E-state index in [-0.39, 0.29) is 0 Å². The van der Waals surface area contributed by atoms with Gasteiger partial charge in [0.15, 0.2) is 6.23 Å². The molecule has 0 aliphatic carbocycles. The monoisotopic (exact) mass is 272 g/mol. The van der Waals surface area contributed by atoms with Crippen molar-refractivity contribution in [3.8, 4) is 0 Å². The normalized spacial score (nSPS) is 30.7. The van der Waals surface area contributed by atoms with Gasteiger partial charge in [-0.1, -0.05) is 6.92 Å². The number of H-pyrrole nitrogens is 1. The second kappa shape index (κ2) is 5.25. The standard InChI is InChI=1S/C11H16N2O6/c1-2-5-3-13(11(18)12-9(5)17)10-8(16)7(15)6(4-14)19-10/h3,6-8,10,14-16H,2,4H2,1H3,(H,12,17,18)/t6-,7-,8+,10?/m1/s1. The van der Waals surface area contributed by atoms with Crippen LogP contribution in [0.3, 0.4) is 0 Å². The molecule has 1 unspecified atom stereocenters. The molecule has 1 saturated heterocycles. The Morgan fingerprint density at radius 1 is 1.37 bits per heavy atom. The van der Waals surface area contributed by atoms with E-state index < -0.39 is 42.4 Å². The Bertz CT molecular complexity index is 565. The third-order valence-electron chi connectivity index (χ3n) is 3.21. The highest BCUT2D eigenvalue weighted by molar-refractivity contribution is 5.05. The number of aliphatic hydroxyl groups excluding tert-OH is 3. The molecule has 8 heteroatoms. The summed E-state index contributed by atoms with van der Waals surface area (Å²) in [7, 11) is 0. The van der Waals surface area contributed by atoms with Crippen molar-refractivity contribution < 1.29 is 20.1 Å². The minimum absolute atomic E-state index is 0.359. The number of hydrogen-bond acceptors (Lipinski definition) is 6. The number of ether oxygens (including phenoxy) is 1. The third-order valence-corrected chi connectivity index (χ3v) is 3.21. The molecule has 4 atom stereocenters. The maximum absolute atomic E-state index is 11.7. The van der Waals surface area contributed by atoms with E-state index in [0.717, 1.165) is 4.57 Å². The molecule has 0 amide bonds. The number of nitrogens with one attached hydrogen (secondary N) is 1. The summed E-state index contributed by atoms with van der Waals surface area (Å²) in [5, 5.41) is 28.5. The van der Waals surface area contributed by atoms with Crippen molar-refractivity contribution in [2.45, 2.75) is 37.9 Å². The first-order chi connectivity index (χ1) is 8.99. The SMILES string of the molecule is CCc1cn(C2O[C@H](CO)[C@@H](O)[C@@H]2O)c(=O)[nH]c1=O. The van der Waals surface area contributed by atoms with Gasteiger partial charge in [0.2, 0.25) is 0 Å². The second-order valence-electron chi connectivity index (χ2n) is 4.40. The van der Waals surface area contributed by atoms with Crippen LogP contribution < -0.4 is 11.2 Å². The van der Waals surface area contributed by atoms with Crippen LogP contribution in [0.5, 0.6) is 0 Å². The van der Waals surface area contributed by atoms with Gasteiger partial charge in [0.05, 0.1) is 6.61 Å². The average Bonchev–Trinajstić information content (AvgIpc) is 2.67.